The van der Waals surface area contributed by atoms with Gasteiger partial charge in [0, 0.05) is 30.6 Å². The summed E-state index contributed by atoms with van der Waals surface area (Å²) in [5.74, 6) is 0.788. The van der Waals surface area contributed by atoms with E-state index in [0.717, 1.165) is 23.5 Å². The SMILES string of the molecule is CCCCC(=O)N1CCn2cc(C(=O)NCc3cccs3)nc2[C@@H]1C. The third-order valence-corrected chi connectivity index (χ3v) is 5.41. The Morgan fingerprint density at radius 2 is 2.24 bits per heavy atom. The van der Waals surface area contributed by atoms with Crippen LogP contribution < -0.4 is 5.32 Å². The van der Waals surface area contributed by atoms with Crippen LogP contribution in [0.25, 0.3) is 0 Å². The topological polar surface area (TPSA) is 67.2 Å². The Morgan fingerprint density at radius 3 is 2.96 bits per heavy atom. The lowest BCUT2D eigenvalue weighted by atomic mass is 10.1. The van der Waals surface area contributed by atoms with Crippen molar-refractivity contribution in [3.8, 4) is 0 Å². The summed E-state index contributed by atoms with van der Waals surface area (Å²) < 4.78 is 1.99. The summed E-state index contributed by atoms with van der Waals surface area (Å²) in [5.41, 5.74) is 0.418. The van der Waals surface area contributed by atoms with Crippen LogP contribution in [0.15, 0.2) is 23.7 Å². The number of nitrogens with zero attached hydrogens (tertiary/aromatic N) is 3. The van der Waals surface area contributed by atoms with E-state index in [1.54, 1.807) is 17.5 Å². The highest BCUT2D eigenvalue weighted by Gasteiger charge is 2.30. The summed E-state index contributed by atoms with van der Waals surface area (Å²) in [5, 5.41) is 4.89. The molecule has 0 aliphatic carbocycles. The number of nitrogens with one attached hydrogen (secondary N) is 1. The number of hydrogen-bond donors (Lipinski definition) is 1. The van der Waals surface area contributed by atoms with Crippen molar-refractivity contribution in [2.24, 2.45) is 0 Å². The van der Waals surface area contributed by atoms with Crippen LogP contribution in [0.3, 0.4) is 0 Å². The number of thiophene rings is 1. The fourth-order valence-electron chi connectivity index (χ4n) is 3.08. The molecule has 0 radical (unpaired) electrons. The molecule has 1 aliphatic heterocycles. The number of aromatic nitrogens is 2. The molecule has 0 unspecified atom stereocenters. The highest BCUT2D eigenvalue weighted by molar-refractivity contribution is 7.09. The third kappa shape index (κ3) is 3.92. The number of rotatable bonds is 6. The van der Waals surface area contributed by atoms with Gasteiger partial charge in [-0.15, -0.1) is 11.3 Å². The molecule has 0 bridgehead atoms. The molecule has 6 nitrogen and oxygen atoms in total. The fraction of sp³-hybridized carbons (Fsp3) is 0.500. The van der Waals surface area contributed by atoms with E-state index in [4.69, 9.17) is 0 Å². The molecule has 2 aromatic heterocycles. The number of carbonyl (C=O) groups is 2. The molecule has 0 saturated carbocycles. The number of carbonyl (C=O) groups excluding carboxylic acids is 2. The average Bonchev–Trinajstić information content (AvgIpc) is 3.27. The molecule has 2 aromatic rings. The Hall–Kier alpha value is -2.15. The molecule has 0 aromatic carbocycles. The Morgan fingerprint density at radius 1 is 1.40 bits per heavy atom. The smallest absolute Gasteiger partial charge is 0.271 e. The Balaban J connectivity index is 1.67. The van der Waals surface area contributed by atoms with Crippen molar-refractivity contribution in [3.63, 3.8) is 0 Å². The van der Waals surface area contributed by atoms with E-state index < -0.39 is 0 Å². The van der Waals surface area contributed by atoms with Crippen LogP contribution in [0.1, 0.15) is 60.3 Å². The van der Waals surface area contributed by atoms with Gasteiger partial charge in [-0.2, -0.15) is 0 Å². The summed E-state index contributed by atoms with van der Waals surface area (Å²) in [4.78, 5) is 32.2. The van der Waals surface area contributed by atoms with Gasteiger partial charge in [-0.05, 0) is 24.8 Å². The molecule has 7 heteroatoms. The van der Waals surface area contributed by atoms with Gasteiger partial charge in [-0.1, -0.05) is 19.4 Å². The van der Waals surface area contributed by atoms with Gasteiger partial charge in [-0.3, -0.25) is 9.59 Å². The van der Waals surface area contributed by atoms with E-state index in [2.05, 4.69) is 17.2 Å². The zero-order valence-electron chi connectivity index (χ0n) is 14.7. The predicted octanol–water partition coefficient (Wildman–Crippen LogP) is 2.97. The van der Waals surface area contributed by atoms with Crippen molar-refractivity contribution in [1.82, 2.24) is 19.8 Å². The van der Waals surface area contributed by atoms with E-state index >= 15 is 0 Å². The lowest BCUT2D eigenvalue weighted by Crippen LogP contribution is -2.41. The van der Waals surface area contributed by atoms with Crippen LogP contribution in [0, 0.1) is 0 Å². The average molecular weight is 360 g/mol. The second kappa shape index (κ2) is 7.82. The van der Waals surface area contributed by atoms with Crippen molar-refractivity contribution in [1.29, 1.82) is 0 Å². The quantitative estimate of drug-likeness (QED) is 0.861. The van der Waals surface area contributed by atoms with Gasteiger partial charge in [0.1, 0.15) is 11.5 Å². The zero-order valence-corrected chi connectivity index (χ0v) is 15.5. The molecule has 25 heavy (non-hydrogen) atoms. The van der Waals surface area contributed by atoms with Crippen molar-refractivity contribution in [3.05, 3.63) is 40.1 Å². The molecule has 0 spiro atoms. The summed E-state index contributed by atoms with van der Waals surface area (Å²) >= 11 is 1.61. The van der Waals surface area contributed by atoms with Gasteiger partial charge in [-0.25, -0.2) is 4.98 Å². The highest BCUT2D eigenvalue weighted by Crippen LogP contribution is 2.25. The van der Waals surface area contributed by atoms with Gasteiger partial charge in [0.15, 0.2) is 0 Å². The first-order valence-corrected chi connectivity index (χ1v) is 9.65. The third-order valence-electron chi connectivity index (χ3n) is 4.53. The van der Waals surface area contributed by atoms with Crippen LogP contribution in [-0.2, 0) is 17.9 Å². The van der Waals surface area contributed by atoms with Crippen molar-refractivity contribution >= 4 is 23.2 Å². The van der Waals surface area contributed by atoms with Gasteiger partial charge < -0.3 is 14.8 Å². The Kier molecular flexibility index (Phi) is 5.53. The first kappa shape index (κ1) is 17.7. The number of fused-ring (bicyclic) bond motifs is 1. The maximum Gasteiger partial charge on any atom is 0.271 e. The van der Waals surface area contributed by atoms with Crippen LogP contribution in [0.2, 0.25) is 0 Å². The van der Waals surface area contributed by atoms with Gasteiger partial charge in [0.05, 0.1) is 12.6 Å². The van der Waals surface area contributed by atoms with Crippen LogP contribution in [-0.4, -0.2) is 32.8 Å². The molecule has 1 N–H and O–H groups in total. The summed E-state index contributed by atoms with van der Waals surface area (Å²) in [7, 11) is 0. The largest absolute Gasteiger partial charge is 0.346 e. The second-order valence-electron chi connectivity index (χ2n) is 6.31. The van der Waals surface area contributed by atoms with E-state index in [0.29, 0.717) is 31.7 Å². The number of amides is 2. The van der Waals surface area contributed by atoms with Crippen molar-refractivity contribution in [2.75, 3.05) is 6.54 Å². The van der Waals surface area contributed by atoms with Crippen LogP contribution >= 0.6 is 11.3 Å². The fourth-order valence-corrected chi connectivity index (χ4v) is 3.73. The molecular weight excluding hydrogens is 336 g/mol. The molecule has 3 rings (SSSR count). The summed E-state index contributed by atoms with van der Waals surface area (Å²) in [6, 6.07) is 3.86. The summed E-state index contributed by atoms with van der Waals surface area (Å²) in [6.07, 6.45) is 4.29. The van der Waals surface area contributed by atoms with Gasteiger partial charge in [0.25, 0.3) is 5.91 Å². The highest BCUT2D eigenvalue weighted by atomic mass is 32.1. The number of imidazole rings is 1. The number of hydrogen-bond acceptors (Lipinski definition) is 4. The first-order chi connectivity index (χ1) is 12.1. The molecule has 0 saturated heterocycles. The van der Waals surface area contributed by atoms with Crippen LogP contribution in [0.5, 0.6) is 0 Å². The van der Waals surface area contributed by atoms with Gasteiger partial charge in [0.2, 0.25) is 5.91 Å². The Bertz CT molecular complexity index is 738. The molecule has 1 atom stereocenters. The normalized spacial score (nSPS) is 16.6. The lowest BCUT2D eigenvalue weighted by molar-refractivity contribution is -0.134. The van der Waals surface area contributed by atoms with E-state index in [1.165, 1.54) is 0 Å². The maximum absolute atomic E-state index is 12.4. The molecule has 134 valence electrons. The predicted molar refractivity (Wildman–Crippen MR) is 97.4 cm³/mol. The summed E-state index contributed by atoms with van der Waals surface area (Å²) in [6.45, 7) is 5.93. The standard InChI is InChI=1S/C18H24N4O2S/c1-3-4-7-16(23)22-9-8-21-12-15(20-17(21)13(22)2)18(24)19-11-14-6-5-10-25-14/h5-6,10,12-13H,3-4,7-9,11H2,1-2H3,(H,19,24)/t13-/m0/s1. The number of unbranched alkanes of at least 4 members (excludes halogenated alkanes) is 1. The molecule has 1 aliphatic rings. The van der Waals surface area contributed by atoms with Crippen molar-refractivity contribution in [2.45, 2.75) is 52.2 Å². The molecular formula is C18H24N4O2S. The lowest BCUT2D eigenvalue weighted by Gasteiger charge is -2.33. The first-order valence-electron chi connectivity index (χ1n) is 8.77. The maximum atomic E-state index is 12.4. The Labute approximate surface area is 151 Å². The van der Waals surface area contributed by atoms with E-state index in [1.807, 2.05) is 33.9 Å². The zero-order chi connectivity index (χ0) is 17.8. The van der Waals surface area contributed by atoms with Crippen molar-refractivity contribution < 1.29 is 9.59 Å². The van der Waals surface area contributed by atoms with E-state index in [-0.39, 0.29) is 17.9 Å². The van der Waals surface area contributed by atoms with Gasteiger partial charge >= 0.3 is 0 Å². The van der Waals surface area contributed by atoms with E-state index in [9.17, 15) is 9.59 Å². The monoisotopic (exact) mass is 360 g/mol. The minimum Gasteiger partial charge on any atom is -0.346 e. The second-order valence-corrected chi connectivity index (χ2v) is 7.34. The molecule has 2 amide bonds. The minimum atomic E-state index is -0.175. The van der Waals surface area contributed by atoms with Crippen LogP contribution in [0.4, 0.5) is 0 Å². The molecule has 3 heterocycles. The minimum absolute atomic E-state index is 0.100. The molecule has 0 fully saturated rings.